The molecule has 2 rings (SSSR count). The van der Waals surface area contributed by atoms with Gasteiger partial charge in [-0.3, -0.25) is 9.78 Å². The Hall–Kier alpha value is -1.79. The smallest absolute Gasteiger partial charge is 0.433 e. The summed E-state index contributed by atoms with van der Waals surface area (Å²) in [6, 6.07) is 2.32. The molecule has 1 aromatic heterocycles. The average Bonchev–Trinajstić information content (AvgIpc) is 2.24. The minimum atomic E-state index is -4.50. The van der Waals surface area contributed by atoms with Crippen LogP contribution in [-0.4, -0.2) is 21.6 Å². The van der Waals surface area contributed by atoms with Crippen molar-refractivity contribution in [3.8, 4) is 0 Å². The van der Waals surface area contributed by atoms with E-state index < -0.39 is 23.4 Å². The van der Waals surface area contributed by atoms with Gasteiger partial charge in [0, 0.05) is 17.4 Å². The van der Waals surface area contributed by atoms with E-state index in [1.54, 1.807) is 0 Å². The Balaban J connectivity index is 2.16. The van der Waals surface area contributed by atoms with Crippen molar-refractivity contribution in [1.29, 1.82) is 0 Å². The van der Waals surface area contributed by atoms with Gasteiger partial charge in [-0.25, -0.2) is 0 Å². The molecule has 0 atom stereocenters. The Kier molecular flexibility index (Phi) is 3.38. The molecule has 2 N–H and O–H groups in total. The van der Waals surface area contributed by atoms with Crippen molar-refractivity contribution in [2.24, 2.45) is 0 Å². The largest absolute Gasteiger partial charge is 0.481 e. The van der Waals surface area contributed by atoms with Crippen molar-refractivity contribution in [2.45, 2.75) is 37.4 Å². The summed E-state index contributed by atoms with van der Waals surface area (Å²) in [5.41, 5.74) is -1.36. The number of hydrogen-bond acceptors (Lipinski definition) is 3. The highest BCUT2D eigenvalue weighted by Gasteiger charge is 2.39. The lowest BCUT2D eigenvalue weighted by Gasteiger charge is -2.42. The molecule has 1 aliphatic rings. The van der Waals surface area contributed by atoms with Gasteiger partial charge in [-0.05, 0) is 31.4 Å². The highest BCUT2D eigenvalue weighted by Crippen LogP contribution is 2.39. The first kappa shape index (κ1) is 13.6. The minimum Gasteiger partial charge on any atom is -0.481 e. The van der Waals surface area contributed by atoms with E-state index in [2.05, 4.69) is 10.3 Å². The van der Waals surface area contributed by atoms with Gasteiger partial charge in [0.1, 0.15) is 5.69 Å². The quantitative estimate of drug-likeness (QED) is 0.886. The van der Waals surface area contributed by atoms with E-state index in [0.29, 0.717) is 12.8 Å². The lowest BCUT2D eigenvalue weighted by molar-refractivity contribution is -0.141. The maximum absolute atomic E-state index is 12.5. The van der Waals surface area contributed by atoms with Crippen LogP contribution < -0.4 is 5.32 Å². The highest BCUT2D eigenvalue weighted by atomic mass is 19.4. The Bertz CT molecular complexity index is 484. The van der Waals surface area contributed by atoms with E-state index in [9.17, 15) is 18.0 Å². The fourth-order valence-electron chi connectivity index (χ4n) is 2.21. The summed E-state index contributed by atoms with van der Waals surface area (Å²) in [6.07, 6.45) is -1.38. The standard InChI is InChI=1S/C12H13F3N2O2/c13-12(14,15)9-6-8(2-5-16-9)17-11(3-1-4-11)7-10(18)19/h2,5-6H,1,3-4,7H2,(H,16,17)(H,18,19). The lowest BCUT2D eigenvalue weighted by Crippen LogP contribution is -2.46. The Morgan fingerprint density at radius 3 is 2.63 bits per heavy atom. The topological polar surface area (TPSA) is 62.2 Å². The summed E-state index contributed by atoms with van der Waals surface area (Å²) in [6.45, 7) is 0. The number of aliphatic carboxylic acids is 1. The first-order chi connectivity index (χ1) is 8.81. The van der Waals surface area contributed by atoms with Crippen LogP contribution in [0.2, 0.25) is 0 Å². The van der Waals surface area contributed by atoms with Crippen molar-refractivity contribution in [3.05, 3.63) is 24.0 Å². The molecule has 1 saturated carbocycles. The first-order valence-corrected chi connectivity index (χ1v) is 5.84. The van der Waals surface area contributed by atoms with Gasteiger partial charge in [-0.2, -0.15) is 13.2 Å². The molecule has 0 aromatic carbocycles. The fourth-order valence-corrected chi connectivity index (χ4v) is 2.21. The van der Waals surface area contributed by atoms with Crippen LogP contribution >= 0.6 is 0 Å². The molecule has 0 radical (unpaired) electrons. The number of hydrogen-bond donors (Lipinski definition) is 2. The molecule has 104 valence electrons. The number of aromatic nitrogens is 1. The molecular formula is C12H13F3N2O2. The molecule has 1 fully saturated rings. The van der Waals surface area contributed by atoms with Gasteiger partial charge < -0.3 is 10.4 Å². The van der Waals surface area contributed by atoms with Crippen LogP contribution in [-0.2, 0) is 11.0 Å². The normalized spacial score (nSPS) is 17.6. The first-order valence-electron chi connectivity index (χ1n) is 5.84. The highest BCUT2D eigenvalue weighted by molar-refractivity contribution is 5.70. The third-order valence-corrected chi connectivity index (χ3v) is 3.26. The van der Waals surface area contributed by atoms with E-state index in [1.807, 2.05) is 0 Å². The number of nitrogens with zero attached hydrogens (tertiary/aromatic N) is 1. The van der Waals surface area contributed by atoms with Crippen LogP contribution in [0.4, 0.5) is 18.9 Å². The summed E-state index contributed by atoms with van der Waals surface area (Å²) in [4.78, 5) is 14.1. The molecule has 1 aromatic rings. The Morgan fingerprint density at radius 1 is 1.47 bits per heavy atom. The van der Waals surface area contributed by atoms with Crippen molar-refractivity contribution >= 4 is 11.7 Å². The number of pyridine rings is 1. The fraction of sp³-hybridized carbons (Fsp3) is 0.500. The monoisotopic (exact) mass is 274 g/mol. The van der Waals surface area contributed by atoms with Crippen molar-refractivity contribution in [1.82, 2.24) is 4.98 Å². The summed E-state index contributed by atoms with van der Waals surface area (Å²) >= 11 is 0. The van der Waals surface area contributed by atoms with Crippen LogP contribution in [0.15, 0.2) is 18.3 Å². The Morgan fingerprint density at radius 2 is 2.16 bits per heavy atom. The second kappa shape index (κ2) is 4.71. The van der Waals surface area contributed by atoms with Gasteiger partial charge >= 0.3 is 12.1 Å². The van der Waals surface area contributed by atoms with E-state index in [4.69, 9.17) is 5.11 Å². The summed E-state index contributed by atoms with van der Waals surface area (Å²) in [5.74, 6) is -0.961. The van der Waals surface area contributed by atoms with Gasteiger partial charge in [0.2, 0.25) is 0 Å². The van der Waals surface area contributed by atoms with Crippen LogP contribution in [0.1, 0.15) is 31.4 Å². The molecule has 0 amide bonds. The molecular weight excluding hydrogens is 261 g/mol. The third-order valence-electron chi connectivity index (χ3n) is 3.26. The van der Waals surface area contributed by atoms with Crippen LogP contribution in [0.3, 0.4) is 0 Å². The molecule has 4 nitrogen and oxygen atoms in total. The number of alkyl halides is 3. The predicted octanol–water partition coefficient (Wildman–Crippen LogP) is 2.91. The molecule has 1 aliphatic carbocycles. The Labute approximate surface area is 107 Å². The van der Waals surface area contributed by atoms with Gasteiger partial charge in [0.25, 0.3) is 0 Å². The molecule has 0 bridgehead atoms. The van der Waals surface area contributed by atoms with E-state index in [1.165, 1.54) is 6.07 Å². The van der Waals surface area contributed by atoms with Gasteiger partial charge in [-0.1, -0.05) is 0 Å². The zero-order chi connectivity index (χ0) is 14.1. The van der Waals surface area contributed by atoms with Crippen LogP contribution in [0, 0.1) is 0 Å². The number of nitrogens with one attached hydrogen (secondary N) is 1. The second-order valence-corrected chi connectivity index (χ2v) is 4.76. The maximum atomic E-state index is 12.5. The molecule has 0 saturated heterocycles. The molecule has 0 spiro atoms. The molecule has 0 aliphatic heterocycles. The van der Waals surface area contributed by atoms with E-state index in [0.717, 1.165) is 18.7 Å². The molecule has 0 unspecified atom stereocenters. The number of carbonyl (C=O) groups is 1. The molecule has 1 heterocycles. The maximum Gasteiger partial charge on any atom is 0.433 e. The zero-order valence-electron chi connectivity index (χ0n) is 10.00. The molecule has 7 heteroatoms. The predicted molar refractivity (Wildman–Crippen MR) is 61.7 cm³/mol. The number of halogens is 3. The van der Waals surface area contributed by atoms with Gasteiger partial charge in [0.15, 0.2) is 0 Å². The number of anilines is 1. The lowest BCUT2D eigenvalue weighted by atomic mass is 9.74. The van der Waals surface area contributed by atoms with E-state index in [-0.39, 0.29) is 12.1 Å². The van der Waals surface area contributed by atoms with Crippen LogP contribution in [0.25, 0.3) is 0 Å². The second-order valence-electron chi connectivity index (χ2n) is 4.76. The van der Waals surface area contributed by atoms with Crippen molar-refractivity contribution in [3.63, 3.8) is 0 Å². The van der Waals surface area contributed by atoms with Crippen molar-refractivity contribution in [2.75, 3.05) is 5.32 Å². The zero-order valence-corrected chi connectivity index (χ0v) is 10.00. The SMILES string of the molecule is O=C(O)CC1(Nc2ccnc(C(F)(F)F)c2)CCC1. The van der Waals surface area contributed by atoms with E-state index >= 15 is 0 Å². The summed E-state index contributed by atoms with van der Waals surface area (Å²) in [5, 5.41) is 11.8. The third kappa shape index (κ3) is 3.15. The van der Waals surface area contributed by atoms with Crippen molar-refractivity contribution < 1.29 is 23.1 Å². The molecule has 19 heavy (non-hydrogen) atoms. The number of carboxylic acids is 1. The minimum absolute atomic E-state index is 0.101. The summed E-state index contributed by atoms with van der Waals surface area (Å²) in [7, 11) is 0. The van der Waals surface area contributed by atoms with Crippen LogP contribution in [0.5, 0.6) is 0 Å². The number of carboxylic acid groups (broad SMARTS) is 1. The van der Waals surface area contributed by atoms with Gasteiger partial charge in [0.05, 0.1) is 6.42 Å². The summed E-state index contributed by atoms with van der Waals surface area (Å²) < 4.78 is 37.6. The average molecular weight is 274 g/mol. The van der Waals surface area contributed by atoms with Gasteiger partial charge in [-0.15, -0.1) is 0 Å². The number of rotatable bonds is 4.